The SMILES string of the molecule is CCOC(=O)C(N)COc1c(C)cccc1[N+](=O)[O-]. The summed E-state index contributed by atoms with van der Waals surface area (Å²) in [5.41, 5.74) is 6.00. The Morgan fingerprint density at radius 3 is 2.79 bits per heavy atom. The molecule has 0 aliphatic heterocycles. The summed E-state index contributed by atoms with van der Waals surface area (Å²) < 4.78 is 10.0. The average molecular weight is 268 g/mol. The number of hydrogen-bond donors (Lipinski definition) is 1. The number of ether oxygens (including phenoxy) is 2. The Balaban J connectivity index is 2.77. The fraction of sp³-hybridized carbons (Fsp3) is 0.417. The van der Waals surface area contributed by atoms with Crippen molar-refractivity contribution in [1.82, 2.24) is 0 Å². The summed E-state index contributed by atoms with van der Waals surface area (Å²) in [5, 5.41) is 10.9. The number of carbonyl (C=O) groups excluding carboxylic acids is 1. The Kier molecular flexibility index (Phi) is 5.25. The molecule has 1 atom stereocenters. The predicted octanol–water partition coefficient (Wildman–Crippen LogP) is 1.17. The highest BCUT2D eigenvalue weighted by Gasteiger charge is 2.20. The zero-order chi connectivity index (χ0) is 14.4. The van der Waals surface area contributed by atoms with Gasteiger partial charge in [0, 0.05) is 6.07 Å². The van der Waals surface area contributed by atoms with Crippen molar-refractivity contribution in [2.24, 2.45) is 5.73 Å². The first-order chi connectivity index (χ1) is 8.97. The van der Waals surface area contributed by atoms with Crippen LogP contribution in [0.25, 0.3) is 0 Å². The molecule has 7 heteroatoms. The molecule has 0 fully saturated rings. The van der Waals surface area contributed by atoms with Crippen LogP contribution >= 0.6 is 0 Å². The maximum Gasteiger partial charge on any atom is 0.326 e. The second-order valence-corrected chi connectivity index (χ2v) is 3.85. The molecule has 0 heterocycles. The van der Waals surface area contributed by atoms with Gasteiger partial charge in [0.1, 0.15) is 12.6 Å². The van der Waals surface area contributed by atoms with E-state index in [9.17, 15) is 14.9 Å². The van der Waals surface area contributed by atoms with Crippen molar-refractivity contribution >= 4 is 11.7 Å². The number of rotatable bonds is 6. The molecule has 0 aromatic heterocycles. The number of para-hydroxylation sites is 1. The zero-order valence-electron chi connectivity index (χ0n) is 10.8. The molecule has 0 spiro atoms. The topological polar surface area (TPSA) is 105 Å². The van der Waals surface area contributed by atoms with Crippen LogP contribution in [-0.2, 0) is 9.53 Å². The Bertz CT molecular complexity index is 475. The van der Waals surface area contributed by atoms with E-state index in [4.69, 9.17) is 15.2 Å². The highest BCUT2D eigenvalue weighted by Crippen LogP contribution is 2.30. The first-order valence-electron chi connectivity index (χ1n) is 5.76. The Labute approximate surface area is 110 Å². The van der Waals surface area contributed by atoms with Crippen LogP contribution < -0.4 is 10.5 Å². The normalized spacial score (nSPS) is 11.7. The molecular weight excluding hydrogens is 252 g/mol. The van der Waals surface area contributed by atoms with Crippen molar-refractivity contribution in [3.8, 4) is 5.75 Å². The molecule has 1 aromatic carbocycles. The largest absolute Gasteiger partial charge is 0.484 e. The Morgan fingerprint density at radius 1 is 1.53 bits per heavy atom. The minimum Gasteiger partial charge on any atom is -0.484 e. The number of carbonyl (C=O) groups is 1. The van der Waals surface area contributed by atoms with Gasteiger partial charge in [0.2, 0.25) is 0 Å². The summed E-state index contributed by atoms with van der Waals surface area (Å²) in [5.74, 6) is -0.481. The van der Waals surface area contributed by atoms with Crippen molar-refractivity contribution in [3.63, 3.8) is 0 Å². The van der Waals surface area contributed by atoms with Crippen LogP contribution in [0.3, 0.4) is 0 Å². The van der Waals surface area contributed by atoms with Crippen LogP contribution in [0.5, 0.6) is 5.75 Å². The van der Waals surface area contributed by atoms with E-state index < -0.39 is 16.9 Å². The van der Waals surface area contributed by atoms with Crippen LogP contribution in [-0.4, -0.2) is 30.1 Å². The van der Waals surface area contributed by atoms with Gasteiger partial charge in [0.05, 0.1) is 11.5 Å². The predicted molar refractivity (Wildman–Crippen MR) is 67.9 cm³/mol. The molecule has 2 N–H and O–H groups in total. The number of esters is 1. The molecule has 0 amide bonds. The number of nitro benzene ring substituents is 1. The van der Waals surface area contributed by atoms with E-state index in [2.05, 4.69) is 0 Å². The summed E-state index contributed by atoms with van der Waals surface area (Å²) in [7, 11) is 0. The van der Waals surface area contributed by atoms with Gasteiger partial charge in [-0.1, -0.05) is 12.1 Å². The number of hydrogen-bond acceptors (Lipinski definition) is 6. The second kappa shape index (κ2) is 6.69. The molecule has 19 heavy (non-hydrogen) atoms. The lowest BCUT2D eigenvalue weighted by Crippen LogP contribution is -2.37. The molecule has 104 valence electrons. The quantitative estimate of drug-likeness (QED) is 0.471. The first kappa shape index (κ1) is 14.9. The first-order valence-corrected chi connectivity index (χ1v) is 5.76. The minimum absolute atomic E-state index is 0.118. The van der Waals surface area contributed by atoms with E-state index >= 15 is 0 Å². The van der Waals surface area contributed by atoms with E-state index in [1.165, 1.54) is 6.07 Å². The molecular formula is C12H16N2O5. The maximum absolute atomic E-state index is 11.3. The Morgan fingerprint density at radius 2 is 2.21 bits per heavy atom. The monoisotopic (exact) mass is 268 g/mol. The van der Waals surface area contributed by atoms with Crippen molar-refractivity contribution in [2.45, 2.75) is 19.9 Å². The second-order valence-electron chi connectivity index (χ2n) is 3.85. The summed E-state index contributed by atoms with van der Waals surface area (Å²) in [6, 6.07) is 3.60. The minimum atomic E-state index is -0.973. The van der Waals surface area contributed by atoms with E-state index in [1.54, 1.807) is 26.0 Å². The third-order valence-corrected chi connectivity index (χ3v) is 2.38. The average Bonchev–Trinajstić information content (AvgIpc) is 2.36. The van der Waals surface area contributed by atoms with Crippen molar-refractivity contribution in [1.29, 1.82) is 0 Å². The van der Waals surface area contributed by atoms with Gasteiger partial charge in [-0.3, -0.25) is 14.9 Å². The number of aryl methyl sites for hydroxylation is 1. The summed E-state index contributed by atoms with van der Waals surface area (Å²) >= 11 is 0. The van der Waals surface area contributed by atoms with Gasteiger partial charge in [-0.2, -0.15) is 0 Å². The molecule has 7 nitrogen and oxygen atoms in total. The van der Waals surface area contributed by atoms with Crippen LogP contribution in [0, 0.1) is 17.0 Å². The lowest BCUT2D eigenvalue weighted by atomic mass is 10.2. The van der Waals surface area contributed by atoms with Crippen LogP contribution in [0.2, 0.25) is 0 Å². The van der Waals surface area contributed by atoms with E-state index in [0.29, 0.717) is 5.56 Å². The van der Waals surface area contributed by atoms with Gasteiger partial charge < -0.3 is 15.2 Å². The fourth-order valence-corrected chi connectivity index (χ4v) is 1.46. The van der Waals surface area contributed by atoms with Crippen LogP contribution in [0.4, 0.5) is 5.69 Å². The van der Waals surface area contributed by atoms with Gasteiger partial charge in [-0.05, 0) is 19.4 Å². The summed E-state index contributed by atoms with van der Waals surface area (Å²) in [6.07, 6.45) is 0. The van der Waals surface area contributed by atoms with Crippen molar-refractivity contribution in [2.75, 3.05) is 13.2 Å². The third kappa shape index (κ3) is 3.92. The van der Waals surface area contributed by atoms with E-state index in [0.717, 1.165) is 0 Å². The standard InChI is InChI=1S/C12H16N2O5/c1-3-18-12(15)9(13)7-19-11-8(2)5-4-6-10(11)14(16)17/h4-6,9H,3,7,13H2,1-2H3. The molecule has 1 aromatic rings. The van der Waals surface area contributed by atoms with Gasteiger partial charge in [-0.25, -0.2) is 0 Å². The number of nitro groups is 1. The van der Waals surface area contributed by atoms with Gasteiger partial charge >= 0.3 is 11.7 Å². The molecule has 0 aliphatic carbocycles. The summed E-state index contributed by atoms with van der Waals surface area (Å²) in [6.45, 7) is 3.39. The number of nitrogens with zero attached hydrogens (tertiary/aromatic N) is 1. The van der Waals surface area contributed by atoms with Crippen molar-refractivity contribution < 1.29 is 19.2 Å². The molecule has 0 saturated carbocycles. The molecule has 0 bridgehead atoms. The number of nitrogens with two attached hydrogens (primary N) is 1. The molecule has 1 rings (SSSR count). The van der Waals surface area contributed by atoms with Crippen LogP contribution in [0.15, 0.2) is 18.2 Å². The van der Waals surface area contributed by atoms with E-state index in [1.807, 2.05) is 0 Å². The van der Waals surface area contributed by atoms with Gasteiger partial charge in [0.25, 0.3) is 0 Å². The molecule has 1 unspecified atom stereocenters. The van der Waals surface area contributed by atoms with Crippen LogP contribution in [0.1, 0.15) is 12.5 Å². The molecule has 0 radical (unpaired) electrons. The highest BCUT2D eigenvalue weighted by atomic mass is 16.6. The lowest BCUT2D eigenvalue weighted by molar-refractivity contribution is -0.385. The molecule has 0 saturated heterocycles. The maximum atomic E-state index is 11.3. The zero-order valence-corrected chi connectivity index (χ0v) is 10.8. The smallest absolute Gasteiger partial charge is 0.326 e. The number of benzene rings is 1. The summed E-state index contributed by atoms with van der Waals surface area (Å²) in [4.78, 5) is 21.6. The Hall–Kier alpha value is -2.15. The van der Waals surface area contributed by atoms with Crippen molar-refractivity contribution in [3.05, 3.63) is 33.9 Å². The van der Waals surface area contributed by atoms with Gasteiger partial charge in [-0.15, -0.1) is 0 Å². The molecule has 0 aliphatic rings. The lowest BCUT2D eigenvalue weighted by Gasteiger charge is -2.13. The highest BCUT2D eigenvalue weighted by molar-refractivity contribution is 5.75. The fourth-order valence-electron chi connectivity index (χ4n) is 1.46. The third-order valence-electron chi connectivity index (χ3n) is 2.38. The van der Waals surface area contributed by atoms with E-state index in [-0.39, 0.29) is 24.7 Å². The van der Waals surface area contributed by atoms with Gasteiger partial charge in [0.15, 0.2) is 5.75 Å².